The first-order valence-corrected chi connectivity index (χ1v) is 10.1. The van der Waals surface area contributed by atoms with Crippen LogP contribution in [0.15, 0.2) is 29.2 Å². The summed E-state index contributed by atoms with van der Waals surface area (Å²) >= 11 is 1.42. The van der Waals surface area contributed by atoms with E-state index in [2.05, 4.69) is 35.0 Å². The number of carbonyl (C=O) groups is 1. The number of fused-ring (bicyclic) bond motifs is 3. The second-order valence-corrected chi connectivity index (χ2v) is 8.62. The molecule has 6 nitrogen and oxygen atoms in total. The van der Waals surface area contributed by atoms with E-state index in [9.17, 15) is 14.7 Å². The molecule has 0 unspecified atom stereocenters. The predicted octanol–water partition coefficient (Wildman–Crippen LogP) is 3.00. The normalized spacial score (nSPS) is 18.5. The van der Waals surface area contributed by atoms with Gasteiger partial charge in [0, 0.05) is 54.2 Å². The first-order chi connectivity index (χ1) is 13.0. The van der Waals surface area contributed by atoms with Crippen LogP contribution in [0, 0.1) is 0 Å². The van der Waals surface area contributed by atoms with Crippen molar-refractivity contribution in [1.82, 2.24) is 9.47 Å². The number of rotatable bonds is 3. The number of carboxylic acids is 1. The Kier molecular flexibility index (Phi) is 3.77. The summed E-state index contributed by atoms with van der Waals surface area (Å²) in [6.45, 7) is 4.06. The van der Waals surface area contributed by atoms with Crippen LogP contribution in [0.5, 0.6) is 0 Å². The van der Waals surface area contributed by atoms with Crippen LogP contribution in [-0.4, -0.2) is 53.8 Å². The van der Waals surface area contributed by atoms with Crippen molar-refractivity contribution in [3.8, 4) is 0 Å². The SMILES string of the molecule is CN1CCN(c2ccc3c(c2)sc2c(=O)c(C(=O)O)cn(C4CC4)c23)CC1. The number of hydrogen-bond acceptors (Lipinski definition) is 5. The number of piperazine rings is 1. The lowest BCUT2D eigenvalue weighted by Crippen LogP contribution is -2.44. The second kappa shape index (κ2) is 6.07. The molecule has 2 fully saturated rings. The zero-order valence-electron chi connectivity index (χ0n) is 15.1. The quantitative estimate of drug-likeness (QED) is 0.753. The Morgan fingerprint density at radius 2 is 1.93 bits per heavy atom. The van der Waals surface area contributed by atoms with E-state index in [1.807, 2.05) is 4.57 Å². The first kappa shape index (κ1) is 16.8. The minimum Gasteiger partial charge on any atom is -0.477 e. The fourth-order valence-corrected chi connectivity index (χ4v) is 5.11. The summed E-state index contributed by atoms with van der Waals surface area (Å²) in [5.74, 6) is -1.15. The second-order valence-electron chi connectivity index (χ2n) is 7.57. The molecule has 0 bridgehead atoms. The number of hydrogen-bond donors (Lipinski definition) is 1. The fourth-order valence-electron chi connectivity index (χ4n) is 3.92. The summed E-state index contributed by atoms with van der Waals surface area (Å²) in [4.78, 5) is 29.0. The largest absolute Gasteiger partial charge is 0.477 e. The highest BCUT2D eigenvalue weighted by Gasteiger charge is 2.28. The van der Waals surface area contributed by atoms with Crippen LogP contribution >= 0.6 is 11.3 Å². The number of carboxylic acid groups (broad SMARTS) is 1. The van der Waals surface area contributed by atoms with Crippen LogP contribution in [0.4, 0.5) is 5.69 Å². The Hall–Kier alpha value is -2.38. The number of nitrogens with zero attached hydrogens (tertiary/aromatic N) is 3. The monoisotopic (exact) mass is 383 g/mol. The predicted molar refractivity (Wildman–Crippen MR) is 109 cm³/mol. The molecule has 0 atom stereocenters. The van der Waals surface area contributed by atoms with E-state index in [1.165, 1.54) is 17.0 Å². The number of pyridine rings is 1. The lowest BCUT2D eigenvalue weighted by molar-refractivity contribution is 0.0695. The standard InChI is InChI=1S/C20H21N3O3S/c1-21-6-8-22(9-7-21)13-4-5-14-16(10-13)27-19-17(14)23(12-2-3-12)11-15(18(19)24)20(25)26/h4-5,10-12H,2-3,6-9H2,1H3,(H,25,26). The highest BCUT2D eigenvalue weighted by Crippen LogP contribution is 2.42. The summed E-state index contributed by atoms with van der Waals surface area (Å²) in [7, 11) is 2.14. The van der Waals surface area contributed by atoms with E-state index in [4.69, 9.17) is 0 Å². The number of thiophene rings is 1. The van der Waals surface area contributed by atoms with Crippen LogP contribution in [0.2, 0.25) is 0 Å². The smallest absolute Gasteiger partial charge is 0.341 e. The molecular weight excluding hydrogens is 362 g/mol. The molecule has 27 heavy (non-hydrogen) atoms. The van der Waals surface area contributed by atoms with Gasteiger partial charge in [0.25, 0.3) is 0 Å². The summed E-state index contributed by atoms with van der Waals surface area (Å²) in [5.41, 5.74) is 1.58. The molecule has 2 aromatic heterocycles. The Labute approximate surface area is 160 Å². The maximum absolute atomic E-state index is 12.8. The lowest BCUT2D eigenvalue weighted by Gasteiger charge is -2.34. The van der Waals surface area contributed by atoms with Crippen molar-refractivity contribution in [2.45, 2.75) is 18.9 Å². The van der Waals surface area contributed by atoms with Crippen molar-refractivity contribution >= 4 is 43.3 Å². The van der Waals surface area contributed by atoms with Crippen LogP contribution in [-0.2, 0) is 0 Å². The van der Waals surface area contributed by atoms with E-state index in [0.717, 1.165) is 54.6 Å². The number of likely N-dealkylation sites (N-methyl/N-ethyl adjacent to an activating group) is 1. The van der Waals surface area contributed by atoms with E-state index >= 15 is 0 Å². The molecule has 1 saturated carbocycles. The molecule has 0 spiro atoms. The average Bonchev–Trinajstić information content (AvgIpc) is 3.42. The molecule has 0 amide bonds. The first-order valence-electron chi connectivity index (χ1n) is 9.31. The van der Waals surface area contributed by atoms with Gasteiger partial charge in [-0.15, -0.1) is 11.3 Å². The zero-order valence-corrected chi connectivity index (χ0v) is 16.0. The van der Waals surface area contributed by atoms with Gasteiger partial charge in [-0.1, -0.05) is 0 Å². The molecule has 1 aliphatic heterocycles. The van der Waals surface area contributed by atoms with Crippen molar-refractivity contribution < 1.29 is 9.90 Å². The van der Waals surface area contributed by atoms with Crippen molar-refractivity contribution in [3.63, 3.8) is 0 Å². The van der Waals surface area contributed by atoms with E-state index < -0.39 is 5.97 Å². The molecule has 1 aliphatic carbocycles. The third-order valence-electron chi connectivity index (χ3n) is 5.66. The van der Waals surface area contributed by atoms with Gasteiger partial charge >= 0.3 is 5.97 Å². The number of aromatic carboxylic acids is 1. The molecule has 2 aliphatic rings. The fraction of sp³-hybridized carbons (Fsp3) is 0.400. The molecule has 1 saturated heterocycles. The zero-order chi connectivity index (χ0) is 18.7. The van der Waals surface area contributed by atoms with Crippen LogP contribution < -0.4 is 10.3 Å². The van der Waals surface area contributed by atoms with Crippen molar-refractivity contribution in [2.75, 3.05) is 38.1 Å². The van der Waals surface area contributed by atoms with Gasteiger partial charge in [0.2, 0.25) is 5.43 Å². The van der Waals surface area contributed by atoms with E-state index in [-0.39, 0.29) is 11.0 Å². The van der Waals surface area contributed by atoms with Gasteiger partial charge < -0.3 is 19.5 Å². The third-order valence-corrected chi connectivity index (χ3v) is 6.80. The highest BCUT2D eigenvalue weighted by atomic mass is 32.1. The van der Waals surface area contributed by atoms with Crippen molar-refractivity contribution in [3.05, 3.63) is 40.2 Å². The Morgan fingerprint density at radius 1 is 1.19 bits per heavy atom. The summed E-state index contributed by atoms with van der Waals surface area (Å²) in [6.07, 6.45) is 3.62. The molecule has 3 heterocycles. The van der Waals surface area contributed by atoms with Gasteiger partial charge in [-0.3, -0.25) is 4.79 Å². The number of benzene rings is 1. The van der Waals surface area contributed by atoms with Crippen molar-refractivity contribution in [1.29, 1.82) is 0 Å². The van der Waals surface area contributed by atoms with Crippen molar-refractivity contribution in [2.24, 2.45) is 0 Å². The maximum atomic E-state index is 12.8. The summed E-state index contributed by atoms with van der Waals surface area (Å²) in [6, 6.07) is 6.69. The highest BCUT2D eigenvalue weighted by molar-refractivity contribution is 7.25. The molecule has 140 valence electrons. The molecule has 7 heteroatoms. The third kappa shape index (κ3) is 2.73. The van der Waals surface area contributed by atoms with Gasteiger partial charge in [0.15, 0.2) is 0 Å². The molecule has 5 rings (SSSR count). The Balaban J connectivity index is 1.70. The van der Waals surface area contributed by atoms with Gasteiger partial charge in [-0.2, -0.15) is 0 Å². The Bertz CT molecular complexity index is 1120. The Morgan fingerprint density at radius 3 is 2.59 bits per heavy atom. The van der Waals surface area contributed by atoms with Gasteiger partial charge in [0.05, 0.1) is 5.52 Å². The topological polar surface area (TPSA) is 65.8 Å². The van der Waals surface area contributed by atoms with Crippen LogP contribution in [0.3, 0.4) is 0 Å². The molecule has 1 N–H and O–H groups in total. The van der Waals surface area contributed by atoms with Crippen LogP contribution in [0.1, 0.15) is 29.2 Å². The average molecular weight is 383 g/mol. The van der Waals surface area contributed by atoms with Crippen LogP contribution in [0.25, 0.3) is 20.3 Å². The number of aromatic nitrogens is 1. The molecule has 1 aromatic carbocycles. The number of anilines is 1. The molecule has 0 radical (unpaired) electrons. The van der Waals surface area contributed by atoms with Gasteiger partial charge in [0.1, 0.15) is 10.3 Å². The summed E-state index contributed by atoms with van der Waals surface area (Å²) in [5, 5.41) is 10.5. The molecular formula is C20H21N3O3S. The summed E-state index contributed by atoms with van der Waals surface area (Å²) < 4.78 is 3.64. The van der Waals surface area contributed by atoms with Gasteiger partial charge in [-0.25, -0.2) is 4.79 Å². The van der Waals surface area contributed by atoms with Gasteiger partial charge in [-0.05, 0) is 38.1 Å². The van der Waals surface area contributed by atoms with E-state index in [0.29, 0.717) is 10.7 Å². The maximum Gasteiger partial charge on any atom is 0.341 e. The minimum atomic E-state index is -1.15. The minimum absolute atomic E-state index is 0.125. The molecule has 3 aromatic rings. The van der Waals surface area contributed by atoms with E-state index in [1.54, 1.807) is 6.20 Å². The lowest BCUT2D eigenvalue weighted by atomic mass is 10.1.